The molecule has 1 fully saturated rings. The van der Waals surface area contributed by atoms with Crippen LogP contribution in [0.4, 0.5) is 0 Å². The van der Waals surface area contributed by atoms with Crippen molar-refractivity contribution >= 4 is 24.1 Å². The van der Waals surface area contributed by atoms with Crippen molar-refractivity contribution in [1.29, 1.82) is 0 Å². The van der Waals surface area contributed by atoms with Gasteiger partial charge in [-0.05, 0) is 37.6 Å². The third-order valence-corrected chi connectivity index (χ3v) is 4.04. The number of Topliss-reactive ketones (excluding diaryl/α,β-unsaturated/α-hetero) is 1. The van der Waals surface area contributed by atoms with Gasteiger partial charge in [-0.15, -0.1) is 12.4 Å². The largest absolute Gasteiger partial charge is 0.494 e. The van der Waals surface area contributed by atoms with Gasteiger partial charge in [0.05, 0.1) is 6.61 Å². The SMILES string of the molecule is CCCOc1ccc(C(=O)CCC(=O)N2CCNC[C@@H]2C)cc1.Cl. The van der Waals surface area contributed by atoms with Crippen molar-refractivity contribution in [3.8, 4) is 5.75 Å². The van der Waals surface area contributed by atoms with E-state index in [1.165, 1.54) is 0 Å². The van der Waals surface area contributed by atoms with Crippen LogP contribution < -0.4 is 10.1 Å². The number of carbonyl (C=O) groups excluding carboxylic acids is 2. The zero-order valence-corrected chi connectivity index (χ0v) is 15.2. The molecular weight excluding hydrogens is 328 g/mol. The Bertz CT molecular complexity index is 534. The summed E-state index contributed by atoms with van der Waals surface area (Å²) in [6, 6.07) is 7.35. The first kappa shape index (κ1) is 20.5. The third-order valence-electron chi connectivity index (χ3n) is 4.04. The van der Waals surface area contributed by atoms with Gasteiger partial charge < -0.3 is 15.0 Å². The maximum atomic E-state index is 12.2. The highest BCUT2D eigenvalue weighted by atomic mass is 35.5. The molecule has 1 aliphatic rings. The number of nitrogens with one attached hydrogen (secondary N) is 1. The van der Waals surface area contributed by atoms with Crippen LogP contribution in [0.2, 0.25) is 0 Å². The van der Waals surface area contributed by atoms with Gasteiger partial charge in [-0.1, -0.05) is 6.92 Å². The molecule has 0 aromatic heterocycles. The van der Waals surface area contributed by atoms with Gasteiger partial charge in [0.15, 0.2) is 5.78 Å². The Labute approximate surface area is 150 Å². The van der Waals surface area contributed by atoms with Crippen LogP contribution in [-0.2, 0) is 4.79 Å². The Morgan fingerprint density at radius 2 is 1.96 bits per heavy atom. The van der Waals surface area contributed by atoms with Crippen molar-refractivity contribution in [1.82, 2.24) is 10.2 Å². The number of benzene rings is 1. The van der Waals surface area contributed by atoms with Gasteiger partial charge in [0, 0.05) is 44.1 Å². The standard InChI is InChI=1S/C18H26N2O3.ClH/c1-3-12-23-16-6-4-15(5-7-16)17(21)8-9-18(22)20-11-10-19-13-14(20)2;/h4-7,14,19H,3,8-13H2,1-2H3;1H/t14-;/m0./s1. The fourth-order valence-electron chi connectivity index (χ4n) is 2.68. The molecular formula is C18H27ClN2O3. The van der Waals surface area contributed by atoms with E-state index in [1.807, 2.05) is 30.9 Å². The van der Waals surface area contributed by atoms with Crippen molar-refractivity contribution in [2.24, 2.45) is 0 Å². The molecule has 1 aromatic rings. The smallest absolute Gasteiger partial charge is 0.223 e. The highest BCUT2D eigenvalue weighted by Crippen LogP contribution is 2.15. The molecule has 24 heavy (non-hydrogen) atoms. The van der Waals surface area contributed by atoms with Crippen LogP contribution in [0, 0.1) is 0 Å². The molecule has 1 atom stereocenters. The maximum Gasteiger partial charge on any atom is 0.223 e. The lowest BCUT2D eigenvalue weighted by atomic mass is 10.1. The van der Waals surface area contributed by atoms with E-state index in [2.05, 4.69) is 5.32 Å². The molecule has 1 saturated heterocycles. The first-order chi connectivity index (χ1) is 11.1. The molecule has 0 unspecified atom stereocenters. The second kappa shape index (κ2) is 10.3. The molecule has 0 aliphatic carbocycles. The van der Waals surface area contributed by atoms with Crippen LogP contribution in [0.3, 0.4) is 0 Å². The van der Waals surface area contributed by atoms with E-state index in [4.69, 9.17) is 4.74 Å². The van der Waals surface area contributed by atoms with Crippen LogP contribution in [-0.4, -0.2) is 48.9 Å². The summed E-state index contributed by atoms with van der Waals surface area (Å²) in [5.74, 6) is 0.840. The zero-order valence-electron chi connectivity index (χ0n) is 14.4. The minimum absolute atomic E-state index is 0. The van der Waals surface area contributed by atoms with Gasteiger partial charge in [-0.3, -0.25) is 9.59 Å². The van der Waals surface area contributed by atoms with Crippen LogP contribution >= 0.6 is 12.4 Å². The molecule has 0 spiro atoms. The molecule has 134 valence electrons. The van der Waals surface area contributed by atoms with Gasteiger partial charge in [-0.2, -0.15) is 0 Å². The molecule has 1 aromatic carbocycles. The predicted octanol–water partition coefficient (Wildman–Crippen LogP) is 2.68. The Morgan fingerprint density at radius 1 is 1.25 bits per heavy atom. The van der Waals surface area contributed by atoms with Gasteiger partial charge in [0.1, 0.15) is 5.75 Å². The van der Waals surface area contributed by atoms with E-state index in [9.17, 15) is 9.59 Å². The van der Waals surface area contributed by atoms with Crippen molar-refractivity contribution in [2.45, 2.75) is 39.2 Å². The fourth-order valence-corrected chi connectivity index (χ4v) is 2.68. The lowest BCUT2D eigenvalue weighted by Gasteiger charge is -2.34. The van der Waals surface area contributed by atoms with Crippen LogP contribution in [0.1, 0.15) is 43.5 Å². The van der Waals surface area contributed by atoms with Crippen molar-refractivity contribution in [3.63, 3.8) is 0 Å². The summed E-state index contributed by atoms with van der Waals surface area (Å²) in [4.78, 5) is 26.3. The average Bonchev–Trinajstić information content (AvgIpc) is 2.58. The normalized spacial score (nSPS) is 17.1. The van der Waals surface area contributed by atoms with Gasteiger partial charge in [0.25, 0.3) is 0 Å². The van der Waals surface area contributed by atoms with Crippen LogP contribution in [0.15, 0.2) is 24.3 Å². The van der Waals surface area contributed by atoms with Crippen LogP contribution in [0.25, 0.3) is 0 Å². The molecule has 6 heteroatoms. The monoisotopic (exact) mass is 354 g/mol. The van der Waals surface area contributed by atoms with Gasteiger partial charge in [0.2, 0.25) is 5.91 Å². The van der Waals surface area contributed by atoms with E-state index in [-0.39, 0.29) is 43.0 Å². The molecule has 1 amide bonds. The van der Waals surface area contributed by atoms with Gasteiger partial charge in [-0.25, -0.2) is 0 Å². The Kier molecular flexibility index (Phi) is 8.79. The van der Waals surface area contributed by atoms with E-state index in [1.54, 1.807) is 12.1 Å². The van der Waals surface area contributed by atoms with Crippen molar-refractivity contribution < 1.29 is 14.3 Å². The number of ether oxygens (including phenoxy) is 1. The van der Waals surface area contributed by atoms with E-state index in [0.717, 1.165) is 31.8 Å². The number of nitrogens with zero attached hydrogens (tertiary/aromatic N) is 1. The number of carbonyl (C=O) groups is 2. The summed E-state index contributed by atoms with van der Waals surface area (Å²) in [7, 11) is 0. The molecule has 2 rings (SSSR count). The van der Waals surface area contributed by atoms with Crippen LogP contribution in [0.5, 0.6) is 5.75 Å². The zero-order chi connectivity index (χ0) is 16.7. The highest BCUT2D eigenvalue weighted by molar-refractivity contribution is 5.98. The number of hydrogen-bond acceptors (Lipinski definition) is 4. The summed E-state index contributed by atoms with van der Waals surface area (Å²) >= 11 is 0. The summed E-state index contributed by atoms with van der Waals surface area (Å²) in [6.07, 6.45) is 1.48. The summed E-state index contributed by atoms with van der Waals surface area (Å²) < 4.78 is 5.50. The first-order valence-electron chi connectivity index (χ1n) is 8.38. The lowest BCUT2D eigenvalue weighted by molar-refractivity contribution is -0.133. The molecule has 1 heterocycles. The Balaban J connectivity index is 0.00000288. The fraction of sp³-hybridized carbons (Fsp3) is 0.556. The number of ketones is 1. The van der Waals surface area contributed by atoms with Gasteiger partial charge >= 0.3 is 0 Å². The molecule has 5 nitrogen and oxygen atoms in total. The second-order valence-electron chi connectivity index (χ2n) is 5.94. The number of piperazine rings is 1. The Morgan fingerprint density at radius 3 is 2.58 bits per heavy atom. The number of rotatable bonds is 7. The quantitative estimate of drug-likeness (QED) is 0.765. The Hall–Kier alpha value is -1.59. The third kappa shape index (κ3) is 5.80. The van der Waals surface area contributed by atoms with Crippen molar-refractivity contribution in [3.05, 3.63) is 29.8 Å². The summed E-state index contributed by atoms with van der Waals surface area (Å²) in [5, 5.41) is 3.26. The maximum absolute atomic E-state index is 12.2. The second-order valence-corrected chi connectivity index (χ2v) is 5.94. The number of halogens is 1. The number of hydrogen-bond donors (Lipinski definition) is 1. The molecule has 1 N–H and O–H groups in total. The summed E-state index contributed by atoms with van der Waals surface area (Å²) in [5.41, 5.74) is 0.634. The minimum atomic E-state index is 0. The van der Waals surface area contributed by atoms with E-state index >= 15 is 0 Å². The molecule has 1 aliphatic heterocycles. The highest BCUT2D eigenvalue weighted by Gasteiger charge is 2.23. The predicted molar refractivity (Wildman–Crippen MR) is 97.1 cm³/mol. The topological polar surface area (TPSA) is 58.6 Å². The summed E-state index contributed by atoms with van der Waals surface area (Å²) in [6.45, 7) is 7.11. The lowest BCUT2D eigenvalue weighted by Crippen LogP contribution is -2.52. The average molecular weight is 355 g/mol. The molecule has 0 radical (unpaired) electrons. The van der Waals surface area contributed by atoms with E-state index < -0.39 is 0 Å². The van der Waals surface area contributed by atoms with Crippen molar-refractivity contribution in [2.75, 3.05) is 26.2 Å². The minimum Gasteiger partial charge on any atom is -0.494 e. The number of amides is 1. The first-order valence-corrected chi connectivity index (χ1v) is 8.38. The molecule has 0 bridgehead atoms. The van der Waals surface area contributed by atoms with E-state index in [0.29, 0.717) is 12.2 Å². The molecule has 0 saturated carbocycles.